The highest BCUT2D eigenvalue weighted by Gasteiger charge is 2.21. The summed E-state index contributed by atoms with van der Waals surface area (Å²) in [5.74, 6) is 1.98. The van der Waals surface area contributed by atoms with Gasteiger partial charge in [-0.1, -0.05) is 6.07 Å². The summed E-state index contributed by atoms with van der Waals surface area (Å²) in [6.07, 6.45) is 0. The lowest BCUT2D eigenvalue weighted by molar-refractivity contribution is 0.0940. The predicted molar refractivity (Wildman–Crippen MR) is 69.8 cm³/mol. The van der Waals surface area contributed by atoms with E-state index in [0.717, 1.165) is 17.1 Å². The van der Waals surface area contributed by atoms with Crippen LogP contribution < -0.4 is 5.32 Å². The Bertz CT molecular complexity index is 466. The van der Waals surface area contributed by atoms with Crippen molar-refractivity contribution in [3.05, 3.63) is 34.9 Å². The molecule has 1 aromatic rings. The van der Waals surface area contributed by atoms with Gasteiger partial charge in [-0.15, -0.1) is 0 Å². The predicted octanol–water partition coefficient (Wildman–Crippen LogP) is 2.04. The van der Waals surface area contributed by atoms with Gasteiger partial charge in [0.2, 0.25) is 0 Å². The summed E-state index contributed by atoms with van der Waals surface area (Å²) < 4.78 is 0. The highest BCUT2D eigenvalue weighted by molar-refractivity contribution is 8.00. The molecule has 4 heteroatoms. The first kappa shape index (κ1) is 12.2. The van der Waals surface area contributed by atoms with Crippen molar-refractivity contribution in [1.29, 1.82) is 0 Å². The largest absolute Gasteiger partial charge is 0.348 e. The molecule has 17 heavy (non-hydrogen) atoms. The Morgan fingerprint density at radius 1 is 1.35 bits per heavy atom. The molecule has 0 saturated carbocycles. The van der Waals surface area contributed by atoms with Crippen molar-refractivity contribution in [3.63, 3.8) is 0 Å². The van der Waals surface area contributed by atoms with Gasteiger partial charge in [-0.3, -0.25) is 9.59 Å². The topological polar surface area (TPSA) is 46.2 Å². The van der Waals surface area contributed by atoms with Gasteiger partial charge in [0.15, 0.2) is 5.78 Å². The summed E-state index contributed by atoms with van der Waals surface area (Å²) in [7, 11) is 0. The minimum Gasteiger partial charge on any atom is -0.348 e. The standard InChI is InChI=1S/C13H15NO2S/c1-8-5-10(9(2)15)3-4-12(8)13(16)14-11-6-17-7-11/h3-5,11H,6-7H2,1-2H3,(H,14,16). The van der Waals surface area contributed by atoms with Crippen molar-refractivity contribution in [3.8, 4) is 0 Å². The second-order valence-corrected chi connectivity index (χ2v) is 5.37. The quantitative estimate of drug-likeness (QED) is 0.834. The maximum atomic E-state index is 11.9. The first-order valence-electron chi connectivity index (χ1n) is 5.58. The van der Waals surface area contributed by atoms with Crippen LogP contribution in [0.2, 0.25) is 0 Å². The van der Waals surface area contributed by atoms with Crippen molar-refractivity contribution in [2.75, 3.05) is 11.5 Å². The van der Waals surface area contributed by atoms with Crippen LogP contribution in [-0.4, -0.2) is 29.2 Å². The average molecular weight is 249 g/mol. The number of ketones is 1. The second-order valence-electron chi connectivity index (χ2n) is 4.29. The molecule has 1 aliphatic rings. The molecule has 0 bridgehead atoms. The van der Waals surface area contributed by atoms with Crippen LogP contribution in [0.15, 0.2) is 18.2 Å². The summed E-state index contributed by atoms with van der Waals surface area (Å²) in [4.78, 5) is 23.2. The van der Waals surface area contributed by atoms with Crippen molar-refractivity contribution >= 4 is 23.5 Å². The lowest BCUT2D eigenvalue weighted by Gasteiger charge is -2.26. The fraction of sp³-hybridized carbons (Fsp3) is 0.385. The molecule has 3 nitrogen and oxygen atoms in total. The number of thioether (sulfide) groups is 1. The number of hydrogen-bond donors (Lipinski definition) is 1. The first-order valence-corrected chi connectivity index (χ1v) is 6.73. The molecule has 1 heterocycles. The Morgan fingerprint density at radius 2 is 2.06 bits per heavy atom. The van der Waals surface area contributed by atoms with Gasteiger partial charge in [-0.05, 0) is 31.5 Å². The first-order chi connectivity index (χ1) is 8.08. The van der Waals surface area contributed by atoms with E-state index in [9.17, 15) is 9.59 Å². The molecule has 1 aliphatic heterocycles. The number of nitrogens with one attached hydrogen (secondary N) is 1. The second kappa shape index (κ2) is 4.92. The van der Waals surface area contributed by atoms with E-state index < -0.39 is 0 Å². The zero-order valence-electron chi connectivity index (χ0n) is 9.95. The van der Waals surface area contributed by atoms with Crippen LogP contribution in [-0.2, 0) is 0 Å². The molecule has 1 N–H and O–H groups in total. The number of benzene rings is 1. The number of aryl methyl sites for hydroxylation is 1. The van der Waals surface area contributed by atoms with Crippen LogP contribution in [0.1, 0.15) is 33.2 Å². The number of carbonyl (C=O) groups excluding carboxylic acids is 2. The van der Waals surface area contributed by atoms with Gasteiger partial charge in [0.1, 0.15) is 0 Å². The highest BCUT2D eigenvalue weighted by Crippen LogP contribution is 2.18. The van der Waals surface area contributed by atoms with Crippen LogP contribution in [0.25, 0.3) is 0 Å². The van der Waals surface area contributed by atoms with E-state index >= 15 is 0 Å². The summed E-state index contributed by atoms with van der Waals surface area (Å²) in [5.41, 5.74) is 2.16. The van der Waals surface area contributed by atoms with E-state index in [2.05, 4.69) is 5.32 Å². The molecule has 1 aromatic carbocycles. The zero-order chi connectivity index (χ0) is 12.4. The van der Waals surface area contributed by atoms with Crippen molar-refractivity contribution in [2.45, 2.75) is 19.9 Å². The monoisotopic (exact) mass is 249 g/mol. The molecule has 0 spiro atoms. The molecule has 0 unspecified atom stereocenters. The van der Waals surface area contributed by atoms with Crippen molar-refractivity contribution < 1.29 is 9.59 Å². The summed E-state index contributed by atoms with van der Waals surface area (Å²) >= 11 is 1.83. The number of rotatable bonds is 3. The Kier molecular flexibility index (Phi) is 3.52. The van der Waals surface area contributed by atoms with Gasteiger partial charge >= 0.3 is 0 Å². The SMILES string of the molecule is CC(=O)c1ccc(C(=O)NC2CSC2)c(C)c1. The molecular formula is C13H15NO2S. The number of Topliss-reactive ketones (excluding diaryl/α,β-unsaturated/α-hetero) is 1. The minimum atomic E-state index is -0.0390. The third-order valence-corrected chi connectivity index (χ3v) is 4.13. The third kappa shape index (κ3) is 2.69. The van der Waals surface area contributed by atoms with E-state index in [4.69, 9.17) is 0 Å². The Morgan fingerprint density at radius 3 is 2.53 bits per heavy atom. The molecule has 1 saturated heterocycles. The minimum absolute atomic E-state index is 0.0236. The maximum Gasteiger partial charge on any atom is 0.251 e. The van der Waals surface area contributed by atoms with Crippen LogP contribution in [0, 0.1) is 6.92 Å². The summed E-state index contributed by atoms with van der Waals surface area (Å²) in [5, 5.41) is 2.98. The maximum absolute atomic E-state index is 11.9. The summed E-state index contributed by atoms with van der Waals surface area (Å²) in [6.45, 7) is 3.39. The molecule has 1 amide bonds. The van der Waals surface area contributed by atoms with E-state index in [1.807, 2.05) is 18.7 Å². The smallest absolute Gasteiger partial charge is 0.251 e. The van der Waals surface area contributed by atoms with Crippen molar-refractivity contribution in [2.24, 2.45) is 0 Å². The number of carbonyl (C=O) groups is 2. The van der Waals surface area contributed by atoms with E-state index in [1.165, 1.54) is 6.92 Å². The van der Waals surface area contributed by atoms with E-state index in [-0.39, 0.29) is 11.7 Å². The summed E-state index contributed by atoms with van der Waals surface area (Å²) in [6, 6.07) is 5.51. The van der Waals surface area contributed by atoms with Crippen LogP contribution >= 0.6 is 11.8 Å². The van der Waals surface area contributed by atoms with Gasteiger partial charge in [-0.2, -0.15) is 11.8 Å². The third-order valence-electron chi connectivity index (χ3n) is 2.85. The normalized spacial score (nSPS) is 15.2. The molecule has 2 rings (SSSR count). The molecule has 90 valence electrons. The number of hydrogen-bond acceptors (Lipinski definition) is 3. The molecular weight excluding hydrogens is 234 g/mol. The van der Waals surface area contributed by atoms with Gasteiger partial charge < -0.3 is 5.32 Å². The van der Waals surface area contributed by atoms with Gasteiger partial charge in [0.25, 0.3) is 5.91 Å². The number of amides is 1. The Balaban J connectivity index is 2.14. The highest BCUT2D eigenvalue weighted by atomic mass is 32.2. The fourth-order valence-electron chi connectivity index (χ4n) is 1.72. The van der Waals surface area contributed by atoms with Gasteiger partial charge in [-0.25, -0.2) is 0 Å². The zero-order valence-corrected chi connectivity index (χ0v) is 10.8. The molecule has 0 radical (unpaired) electrons. The molecule has 0 aromatic heterocycles. The van der Waals surface area contributed by atoms with Gasteiger partial charge in [0, 0.05) is 28.7 Å². The lowest BCUT2D eigenvalue weighted by Crippen LogP contribution is -2.44. The fourth-order valence-corrected chi connectivity index (χ4v) is 2.36. The van der Waals surface area contributed by atoms with E-state index in [1.54, 1.807) is 18.2 Å². The Hall–Kier alpha value is -1.29. The van der Waals surface area contributed by atoms with Crippen LogP contribution in [0.5, 0.6) is 0 Å². The Labute approximate surface area is 105 Å². The van der Waals surface area contributed by atoms with Crippen molar-refractivity contribution in [1.82, 2.24) is 5.32 Å². The molecule has 0 aliphatic carbocycles. The van der Waals surface area contributed by atoms with Crippen LogP contribution in [0.3, 0.4) is 0 Å². The van der Waals surface area contributed by atoms with Crippen LogP contribution in [0.4, 0.5) is 0 Å². The molecule has 0 atom stereocenters. The lowest BCUT2D eigenvalue weighted by atomic mass is 10.0. The average Bonchev–Trinajstić information content (AvgIpc) is 2.22. The molecule has 1 fully saturated rings. The van der Waals surface area contributed by atoms with E-state index in [0.29, 0.717) is 17.2 Å². The van der Waals surface area contributed by atoms with Gasteiger partial charge in [0.05, 0.1) is 0 Å².